The van der Waals surface area contributed by atoms with E-state index >= 15 is 0 Å². The molecule has 4 nitrogen and oxygen atoms in total. The molecule has 0 aliphatic rings. The predicted molar refractivity (Wildman–Crippen MR) is 62.3 cm³/mol. The number of nitrogens with zero attached hydrogens (tertiary/aromatic N) is 2. The predicted octanol–water partition coefficient (Wildman–Crippen LogP) is 2.41. The molecule has 2 aromatic rings. The monoisotopic (exact) mass is 215 g/mol. The fraction of sp³-hybridized carbons (Fsp3) is 0.167. The molecular formula is C12H13N3O. The molecule has 0 aliphatic carbocycles. The fourth-order valence-corrected chi connectivity index (χ4v) is 1.33. The third-order valence-corrected chi connectivity index (χ3v) is 2.19. The van der Waals surface area contributed by atoms with Crippen LogP contribution >= 0.6 is 0 Å². The molecule has 0 spiro atoms. The van der Waals surface area contributed by atoms with Crippen molar-refractivity contribution in [2.75, 3.05) is 5.73 Å². The highest BCUT2D eigenvalue weighted by Crippen LogP contribution is 2.19. The molecule has 0 saturated heterocycles. The number of hydrogen-bond donors (Lipinski definition) is 1. The molecule has 2 rings (SSSR count). The van der Waals surface area contributed by atoms with E-state index in [1.54, 1.807) is 0 Å². The smallest absolute Gasteiger partial charge is 0.239 e. The first-order valence-corrected chi connectivity index (χ1v) is 5.12. The summed E-state index contributed by atoms with van der Waals surface area (Å²) in [6.07, 6.45) is 4.02. The molecule has 0 atom stereocenters. The summed E-state index contributed by atoms with van der Waals surface area (Å²) in [5.41, 5.74) is 6.77. The van der Waals surface area contributed by atoms with E-state index in [9.17, 15) is 0 Å². The number of aromatic nitrogens is 2. The van der Waals surface area contributed by atoms with Crippen LogP contribution in [0, 0.1) is 0 Å². The second-order valence-corrected chi connectivity index (χ2v) is 3.38. The van der Waals surface area contributed by atoms with Crippen LogP contribution < -0.4 is 10.5 Å². The van der Waals surface area contributed by atoms with Crippen molar-refractivity contribution in [3.63, 3.8) is 0 Å². The van der Waals surface area contributed by atoms with Crippen LogP contribution in [0.3, 0.4) is 0 Å². The van der Waals surface area contributed by atoms with Gasteiger partial charge in [-0.2, -0.15) is 4.98 Å². The number of aryl methyl sites for hydroxylation is 1. The minimum atomic E-state index is 0.350. The molecule has 0 radical (unpaired) electrons. The number of benzene rings is 1. The number of hydrogen-bond acceptors (Lipinski definition) is 4. The highest BCUT2D eigenvalue weighted by Gasteiger charge is 1.99. The first-order chi connectivity index (χ1) is 7.78. The molecule has 2 N–H and O–H groups in total. The molecular weight excluding hydrogens is 202 g/mol. The Labute approximate surface area is 94.1 Å². The van der Waals surface area contributed by atoms with Crippen LogP contribution in [-0.4, -0.2) is 9.97 Å². The largest absolute Gasteiger partial charge is 0.437 e. The van der Waals surface area contributed by atoms with E-state index < -0.39 is 0 Å². The van der Waals surface area contributed by atoms with E-state index in [0.29, 0.717) is 11.7 Å². The SMILES string of the molecule is CCc1ccc(Oc2cncc(N)n2)cc1. The number of anilines is 1. The van der Waals surface area contributed by atoms with Crippen LogP contribution in [-0.2, 0) is 6.42 Å². The third kappa shape index (κ3) is 2.48. The van der Waals surface area contributed by atoms with Crippen molar-refractivity contribution >= 4 is 5.82 Å². The molecule has 0 unspecified atom stereocenters. The van der Waals surface area contributed by atoms with Crippen LogP contribution in [0.1, 0.15) is 12.5 Å². The lowest BCUT2D eigenvalue weighted by atomic mass is 10.2. The summed E-state index contributed by atoms with van der Waals surface area (Å²) < 4.78 is 5.51. The molecule has 0 fully saturated rings. The Kier molecular flexibility index (Phi) is 3.00. The Balaban J connectivity index is 2.14. The van der Waals surface area contributed by atoms with E-state index in [0.717, 1.165) is 12.2 Å². The highest BCUT2D eigenvalue weighted by molar-refractivity contribution is 5.32. The Morgan fingerprint density at radius 3 is 2.56 bits per heavy atom. The number of ether oxygens (including phenoxy) is 1. The topological polar surface area (TPSA) is 61.0 Å². The Morgan fingerprint density at radius 2 is 1.94 bits per heavy atom. The van der Waals surface area contributed by atoms with Crippen molar-refractivity contribution in [3.8, 4) is 11.6 Å². The summed E-state index contributed by atoms with van der Waals surface area (Å²) in [6.45, 7) is 2.11. The average molecular weight is 215 g/mol. The van der Waals surface area contributed by atoms with Gasteiger partial charge in [-0.3, -0.25) is 4.98 Å². The van der Waals surface area contributed by atoms with Crippen LogP contribution in [0.5, 0.6) is 11.6 Å². The van der Waals surface area contributed by atoms with Crippen LogP contribution in [0.15, 0.2) is 36.7 Å². The summed E-state index contributed by atoms with van der Waals surface area (Å²) in [5, 5.41) is 0. The maximum Gasteiger partial charge on any atom is 0.239 e. The zero-order chi connectivity index (χ0) is 11.4. The molecule has 0 saturated carbocycles. The quantitative estimate of drug-likeness (QED) is 0.854. The summed E-state index contributed by atoms with van der Waals surface area (Å²) in [6, 6.07) is 7.86. The molecule has 16 heavy (non-hydrogen) atoms. The van der Waals surface area contributed by atoms with Gasteiger partial charge in [-0.05, 0) is 24.1 Å². The number of nitrogens with two attached hydrogens (primary N) is 1. The van der Waals surface area contributed by atoms with Gasteiger partial charge in [0.1, 0.15) is 11.6 Å². The number of nitrogen functional groups attached to an aromatic ring is 1. The van der Waals surface area contributed by atoms with E-state index in [1.165, 1.54) is 18.0 Å². The average Bonchev–Trinajstić information content (AvgIpc) is 2.30. The fourth-order valence-electron chi connectivity index (χ4n) is 1.33. The van der Waals surface area contributed by atoms with Crippen molar-refractivity contribution in [2.45, 2.75) is 13.3 Å². The van der Waals surface area contributed by atoms with E-state index in [4.69, 9.17) is 10.5 Å². The molecule has 4 heteroatoms. The van der Waals surface area contributed by atoms with Gasteiger partial charge >= 0.3 is 0 Å². The lowest BCUT2D eigenvalue weighted by Gasteiger charge is -2.05. The van der Waals surface area contributed by atoms with Gasteiger partial charge in [0, 0.05) is 0 Å². The van der Waals surface area contributed by atoms with Gasteiger partial charge in [-0.25, -0.2) is 0 Å². The maximum atomic E-state index is 5.51. The first-order valence-electron chi connectivity index (χ1n) is 5.12. The van der Waals surface area contributed by atoms with Gasteiger partial charge in [0.15, 0.2) is 0 Å². The standard InChI is InChI=1S/C12H13N3O/c1-2-9-3-5-10(6-4-9)16-12-8-14-7-11(13)15-12/h3-8H,2H2,1H3,(H2,13,15). The van der Waals surface area contributed by atoms with Gasteiger partial charge < -0.3 is 10.5 Å². The van der Waals surface area contributed by atoms with Gasteiger partial charge in [-0.1, -0.05) is 19.1 Å². The van der Waals surface area contributed by atoms with Crippen molar-refractivity contribution in [2.24, 2.45) is 0 Å². The molecule has 0 amide bonds. The van der Waals surface area contributed by atoms with Crippen LogP contribution in [0.4, 0.5) is 5.82 Å². The maximum absolute atomic E-state index is 5.51. The minimum absolute atomic E-state index is 0.350. The minimum Gasteiger partial charge on any atom is -0.437 e. The Morgan fingerprint density at radius 1 is 1.19 bits per heavy atom. The molecule has 1 aromatic carbocycles. The normalized spacial score (nSPS) is 10.1. The first kappa shape index (κ1) is 10.4. The molecule has 0 aliphatic heterocycles. The van der Waals surface area contributed by atoms with Gasteiger partial charge in [0.25, 0.3) is 0 Å². The summed E-state index contributed by atoms with van der Waals surface area (Å²) in [5.74, 6) is 1.49. The Bertz CT molecular complexity index is 468. The summed E-state index contributed by atoms with van der Waals surface area (Å²) in [7, 11) is 0. The van der Waals surface area contributed by atoms with Crippen molar-refractivity contribution < 1.29 is 4.74 Å². The zero-order valence-electron chi connectivity index (χ0n) is 9.05. The second-order valence-electron chi connectivity index (χ2n) is 3.38. The lowest BCUT2D eigenvalue weighted by molar-refractivity contribution is 0.461. The van der Waals surface area contributed by atoms with Crippen molar-refractivity contribution in [3.05, 3.63) is 42.2 Å². The van der Waals surface area contributed by atoms with E-state index in [1.807, 2.05) is 24.3 Å². The van der Waals surface area contributed by atoms with Crippen LogP contribution in [0.25, 0.3) is 0 Å². The van der Waals surface area contributed by atoms with Gasteiger partial charge in [0.2, 0.25) is 5.88 Å². The zero-order valence-corrected chi connectivity index (χ0v) is 9.05. The van der Waals surface area contributed by atoms with Gasteiger partial charge in [-0.15, -0.1) is 0 Å². The second kappa shape index (κ2) is 4.61. The summed E-state index contributed by atoms with van der Waals surface area (Å²) >= 11 is 0. The number of rotatable bonds is 3. The lowest BCUT2D eigenvalue weighted by Crippen LogP contribution is -1.94. The Hall–Kier alpha value is -2.10. The third-order valence-electron chi connectivity index (χ3n) is 2.19. The van der Waals surface area contributed by atoms with Gasteiger partial charge in [0.05, 0.1) is 12.4 Å². The molecule has 0 bridgehead atoms. The van der Waals surface area contributed by atoms with Crippen molar-refractivity contribution in [1.29, 1.82) is 0 Å². The molecule has 82 valence electrons. The molecule has 1 aromatic heterocycles. The highest BCUT2D eigenvalue weighted by atomic mass is 16.5. The van der Waals surface area contributed by atoms with Crippen molar-refractivity contribution in [1.82, 2.24) is 9.97 Å². The van der Waals surface area contributed by atoms with E-state index in [2.05, 4.69) is 16.9 Å². The molecule has 1 heterocycles. The van der Waals surface area contributed by atoms with Crippen LogP contribution in [0.2, 0.25) is 0 Å². The summed E-state index contributed by atoms with van der Waals surface area (Å²) in [4.78, 5) is 7.91. The van der Waals surface area contributed by atoms with E-state index in [-0.39, 0.29) is 0 Å².